The van der Waals surface area contributed by atoms with Crippen LogP contribution < -0.4 is 0 Å². The van der Waals surface area contributed by atoms with Gasteiger partial charge in [-0.2, -0.15) is 0 Å². The van der Waals surface area contributed by atoms with Gasteiger partial charge in [-0.05, 0) is 59.3 Å². The summed E-state index contributed by atoms with van der Waals surface area (Å²) in [5.74, 6) is 0.478. The minimum absolute atomic E-state index is 0.227. The van der Waals surface area contributed by atoms with Gasteiger partial charge in [0.1, 0.15) is 11.6 Å². The van der Waals surface area contributed by atoms with E-state index in [-0.39, 0.29) is 5.82 Å². The minimum Gasteiger partial charge on any atom is -0.464 e. The average molecular weight is 302 g/mol. The molecular weight excluding hydrogens is 294 g/mol. The molecule has 1 nitrogen and oxygen atoms in total. The Kier molecular flexibility index (Phi) is 2.58. The van der Waals surface area contributed by atoms with E-state index < -0.39 is 0 Å². The number of benzene rings is 1. The van der Waals surface area contributed by atoms with Crippen LogP contribution in [0.25, 0.3) is 11.3 Å². The normalized spacial score (nSPS) is 10.5. The number of halogens is 2. The highest BCUT2D eigenvalue weighted by Crippen LogP contribution is 2.28. The number of furan rings is 1. The molecule has 0 amide bonds. The highest BCUT2D eigenvalue weighted by atomic mass is 127. The molecule has 1 aromatic heterocycles. The number of hydrogen-bond donors (Lipinski definition) is 0. The largest absolute Gasteiger partial charge is 0.464 e. The van der Waals surface area contributed by atoms with Crippen molar-refractivity contribution in [3.63, 3.8) is 0 Å². The number of hydrogen-bond acceptors (Lipinski definition) is 1. The highest BCUT2D eigenvalue weighted by molar-refractivity contribution is 14.1. The van der Waals surface area contributed by atoms with E-state index in [1.807, 2.05) is 13.0 Å². The molecular formula is C11H8FIO. The Morgan fingerprint density at radius 1 is 1.36 bits per heavy atom. The summed E-state index contributed by atoms with van der Waals surface area (Å²) in [6.45, 7) is 1.89. The molecule has 0 aliphatic rings. The summed E-state index contributed by atoms with van der Waals surface area (Å²) in [7, 11) is 0. The van der Waals surface area contributed by atoms with Gasteiger partial charge < -0.3 is 4.42 Å². The highest BCUT2D eigenvalue weighted by Gasteiger charge is 2.09. The predicted molar refractivity (Wildman–Crippen MR) is 61.6 cm³/mol. The maximum atomic E-state index is 13.2. The van der Waals surface area contributed by atoms with Crippen molar-refractivity contribution in [2.24, 2.45) is 0 Å². The fourth-order valence-corrected chi connectivity index (χ4v) is 1.91. The first-order valence-electron chi connectivity index (χ1n) is 4.18. The van der Waals surface area contributed by atoms with E-state index in [0.29, 0.717) is 5.76 Å². The van der Waals surface area contributed by atoms with Crippen LogP contribution in [-0.2, 0) is 0 Å². The standard InChI is InChI=1S/C11H8FIO/c1-7-5-8(12)6-9(11(7)13)10-3-2-4-14-10/h2-6H,1H3. The molecule has 0 atom stereocenters. The van der Waals surface area contributed by atoms with E-state index in [1.165, 1.54) is 12.1 Å². The summed E-state index contributed by atoms with van der Waals surface area (Å²) in [6.07, 6.45) is 1.59. The van der Waals surface area contributed by atoms with Crippen LogP contribution in [0.3, 0.4) is 0 Å². The van der Waals surface area contributed by atoms with Gasteiger partial charge in [0.2, 0.25) is 0 Å². The Bertz CT molecular complexity index is 449. The summed E-state index contributed by atoms with van der Waals surface area (Å²) in [5.41, 5.74) is 1.74. The second-order valence-corrected chi connectivity index (χ2v) is 4.14. The summed E-state index contributed by atoms with van der Waals surface area (Å²) < 4.78 is 19.4. The van der Waals surface area contributed by atoms with Gasteiger partial charge in [-0.15, -0.1) is 0 Å². The predicted octanol–water partition coefficient (Wildman–Crippen LogP) is 4.00. The lowest BCUT2D eigenvalue weighted by Gasteiger charge is -2.04. The first-order chi connectivity index (χ1) is 6.68. The van der Waals surface area contributed by atoms with Crippen molar-refractivity contribution in [2.45, 2.75) is 6.92 Å². The zero-order valence-corrected chi connectivity index (χ0v) is 9.71. The fraction of sp³-hybridized carbons (Fsp3) is 0.0909. The topological polar surface area (TPSA) is 13.1 Å². The van der Waals surface area contributed by atoms with E-state index in [0.717, 1.165) is 14.7 Å². The van der Waals surface area contributed by atoms with Crippen molar-refractivity contribution in [3.8, 4) is 11.3 Å². The van der Waals surface area contributed by atoms with Crippen LogP contribution in [0.2, 0.25) is 0 Å². The molecule has 2 rings (SSSR count). The SMILES string of the molecule is Cc1cc(F)cc(-c2ccco2)c1I. The van der Waals surface area contributed by atoms with Crippen LogP contribution in [0.1, 0.15) is 5.56 Å². The Balaban J connectivity index is 2.64. The summed E-state index contributed by atoms with van der Waals surface area (Å²) in [6, 6.07) is 6.64. The molecule has 0 aliphatic heterocycles. The lowest BCUT2D eigenvalue weighted by Crippen LogP contribution is -1.88. The molecule has 2 aromatic rings. The van der Waals surface area contributed by atoms with Gasteiger partial charge in [0.25, 0.3) is 0 Å². The molecule has 1 aromatic carbocycles. The maximum Gasteiger partial charge on any atom is 0.135 e. The molecule has 0 radical (unpaired) electrons. The van der Waals surface area contributed by atoms with E-state index in [1.54, 1.807) is 12.3 Å². The van der Waals surface area contributed by atoms with Crippen molar-refractivity contribution >= 4 is 22.6 Å². The Morgan fingerprint density at radius 3 is 2.79 bits per heavy atom. The molecule has 0 saturated carbocycles. The summed E-state index contributed by atoms with van der Waals surface area (Å²) in [4.78, 5) is 0. The van der Waals surface area contributed by atoms with E-state index >= 15 is 0 Å². The van der Waals surface area contributed by atoms with Gasteiger partial charge in [-0.3, -0.25) is 0 Å². The number of rotatable bonds is 1. The smallest absolute Gasteiger partial charge is 0.135 e. The quantitative estimate of drug-likeness (QED) is 0.726. The first kappa shape index (κ1) is 9.71. The Hall–Kier alpha value is -0.840. The zero-order valence-electron chi connectivity index (χ0n) is 7.55. The molecule has 72 valence electrons. The third-order valence-electron chi connectivity index (χ3n) is 2.01. The molecule has 0 saturated heterocycles. The van der Waals surface area contributed by atoms with Gasteiger partial charge >= 0.3 is 0 Å². The van der Waals surface area contributed by atoms with E-state index in [9.17, 15) is 4.39 Å². The Labute approximate surface area is 95.1 Å². The molecule has 0 spiro atoms. The van der Waals surface area contributed by atoms with Crippen LogP contribution in [-0.4, -0.2) is 0 Å². The molecule has 0 aliphatic carbocycles. The van der Waals surface area contributed by atoms with Crippen molar-refractivity contribution in [1.29, 1.82) is 0 Å². The van der Waals surface area contributed by atoms with Gasteiger partial charge in [0.05, 0.1) is 6.26 Å². The lowest BCUT2D eigenvalue weighted by atomic mass is 10.1. The summed E-state index contributed by atoms with van der Waals surface area (Å²) >= 11 is 2.20. The van der Waals surface area contributed by atoms with Crippen molar-refractivity contribution in [3.05, 3.63) is 45.5 Å². The molecule has 0 fully saturated rings. The second kappa shape index (κ2) is 3.73. The van der Waals surface area contributed by atoms with Gasteiger partial charge in [0.15, 0.2) is 0 Å². The van der Waals surface area contributed by atoms with Gasteiger partial charge in [-0.25, -0.2) is 4.39 Å². The molecule has 14 heavy (non-hydrogen) atoms. The average Bonchev–Trinajstić information content (AvgIpc) is 2.63. The minimum atomic E-state index is -0.227. The zero-order chi connectivity index (χ0) is 10.1. The van der Waals surface area contributed by atoms with Crippen LogP contribution >= 0.6 is 22.6 Å². The van der Waals surface area contributed by atoms with Crippen LogP contribution in [0, 0.1) is 16.3 Å². The van der Waals surface area contributed by atoms with Crippen LogP contribution in [0.4, 0.5) is 4.39 Å². The third kappa shape index (κ3) is 1.68. The van der Waals surface area contributed by atoms with Crippen LogP contribution in [0.5, 0.6) is 0 Å². The van der Waals surface area contributed by atoms with Gasteiger partial charge in [-0.1, -0.05) is 0 Å². The molecule has 0 unspecified atom stereocenters. The Morgan fingerprint density at radius 2 is 2.14 bits per heavy atom. The number of aryl methyl sites for hydroxylation is 1. The molecule has 0 bridgehead atoms. The molecule has 1 heterocycles. The fourth-order valence-electron chi connectivity index (χ4n) is 1.34. The van der Waals surface area contributed by atoms with Crippen molar-refractivity contribution in [2.75, 3.05) is 0 Å². The van der Waals surface area contributed by atoms with Crippen LogP contribution in [0.15, 0.2) is 34.9 Å². The second-order valence-electron chi connectivity index (χ2n) is 3.06. The van der Waals surface area contributed by atoms with E-state index in [4.69, 9.17) is 4.42 Å². The monoisotopic (exact) mass is 302 g/mol. The molecule has 3 heteroatoms. The van der Waals surface area contributed by atoms with E-state index in [2.05, 4.69) is 22.6 Å². The van der Waals surface area contributed by atoms with Crippen molar-refractivity contribution in [1.82, 2.24) is 0 Å². The van der Waals surface area contributed by atoms with Crippen molar-refractivity contribution < 1.29 is 8.81 Å². The maximum absolute atomic E-state index is 13.2. The van der Waals surface area contributed by atoms with Gasteiger partial charge in [0, 0.05) is 9.13 Å². The lowest BCUT2D eigenvalue weighted by molar-refractivity contribution is 0.579. The molecule has 0 N–H and O–H groups in total. The first-order valence-corrected chi connectivity index (χ1v) is 5.26. The summed E-state index contributed by atoms with van der Waals surface area (Å²) in [5, 5.41) is 0. The third-order valence-corrected chi connectivity index (χ3v) is 3.44.